The van der Waals surface area contributed by atoms with E-state index in [-0.39, 0.29) is 23.3 Å². The van der Waals surface area contributed by atoms with Crippen LogP contribution in [0.1, 0.15) is 75.8 Å². The Morgan fingerprint density at radius 1 is 1.02 bits per heavy atom. The fourth-order valence-corrected chi connectivity index (χ4v) is 4.90. The molecule has 0 aliphatic rings. The lowest BCUT2D eigenvalue weighted by atomic mass is 9.91. The summed E-state index contributed by atoms with van der Waals surface area (Å²) < 4.78 is 11.0. The summed E-state index contributed by atoms with van der Waals surface area (Å²) in [6.07, 6.45) is 4.74. The second kappa shape index (κ2) is 14.6. The number of nitrogens with one attached hydrogen (secondary N) is 1. The number of rotatable bonds is 12. The molecule has 7 heteroatoms. The van der Waals surface area contributed by atoms with Crippen molar-refractivity contribution in [1.29, 1.82) is 0 Å². The molecule has 1 atom stereocenters. The van der Waals surface area contributed by atoms with E-state index in [1.54, 1.807) is 19.9 Å². The number of nitrogens with zero attached hydrogens (tertiary/aromatic N) is 1. The van der Waals surface area contributed by atoms with Gasteiger partial charge in [-0.2, -0.15) is 0 Å². The number of benzene rings is 2. The van der Waals surface area contributed by atoms with E-state index in [1.807, 2.05) is 73.0 Å². The zero-order valence-electron chi connectivity index (χ0n) is 24.3. The monoisotopic (exact) mass is 560 g/mol. The second-order valence-corrected chi connectivity index (χ2v) is 11.9. The van der Waals surface area contributed by atoms with E-state index >= 15 is 0 Å². The number of esters is 1. The third kappa shape index (κ3) is 10.5. The highest BCUT2D eigenvalue weighted by Crippen LogP contribution is 2.26. The lowest BCUT2D eigenvalue weighted by molar-refractivity contribution is -0.138. The van der Waals surface area contributed by atoms with Gasteiger partial charge in [0.05, 0.1) is 18.3 Å². The van der Waals surface area contributed by atoms with E-state index in [0.717, 1.165) is 33.2 Å². The Labute approximate surface area is 242 Å². The minimum Gasteiger partial charge on any atom is -0.489 e. The van der Waals surface area contributed by atoms with E-state index in [2.05, 4.69) is 26.1 Å². The number of carbonyl (C=O) groups excluding carboxylic acids is 2. The molecule has 40 heavy (non-hydrogen) atoms. The first-order valence-electron chi connectivity index (χ1n) is 13.6. The van der Waals surface area contributed by atoms with Crippen LogP contribution in [0.5, 0.6) is 5.75 Å². The van der Waals surface area contributed by atoms with Crippen molar-refractivity contribution >= 4 is 29.3 Å². The molecule has 3 rings (SSSR count). The van der Waals surface area contributed by atoms with Crippen molar-refractivity contribution in [2.24, 2.45) is 5.41 Å². The van der Waals surface area contributed by atoms with E-state index in [9.17, 15) is 9.59 Å². The van der Waals surface area contributed by atoms with Gasteiger partial charge in [-0.1, -0.05) is 63.2 Å². The zero-order valence-corrected chi connectivity index (χ0v) is 25.1. The fraction of sp³-hybridized carbons (Fsp3) is 0.364. The van der Waals surface area contributed by atoms with Crippen LogP contribution in [0.2, 0.25) is 0 Å². The quantitative estimate of drug-likeness (QED) is 0.141. The first kappa shape index (κ1) is 30.8. The van der Waals surface area contributed by atoms with E-state index < -0.39 is 0 Å². The van der Waals surface area contributed by atoms with Gasteiger partial charge in [0.25, 0.3) is 0 Å². The molecule has 212 valence electrons. The van der Waals surface area contributed by atoms with Gasteiger partial charge in [-0.3, -0.25) is 4.79 Å². The summed E-state index contributed by atoms with van der Waals surface area (Å²) in [4.78, 5) is 29.7. The summed E-state index contributed by atoms with van der Waals surface area (Å²) in [6, 6.07) is 17.8. The predicted octanol–water partition coefficient (Wildman–Crippen LogP) is 7.47. The molecule has 0 spiro atoms. The SMILES string of the molecule is CCOC(=O)/C(C)=C\C(C)=C\c1csc([C@H](Cc2ccc(OCc3ccccc3)cc2)NC(=O)CC(C)(C)C)n1. The van der Waals surface area contributed by atoms with Crippen molar-refractivity contribution in [2.75, 3.05) is 6.61 Å². The number of carbonyl (C=O) groups is 2. The summed E-state index contributed by atoms with van der Waals surface area (Å²) in [5, 5.41) is 6.01. The molecular weight excluding hydrogens is 520 g/mol. The molecule has 1 heterocycles. The highest BCUT2D eigenvalue weighted by molar-refractivity contribution is 7.09. The Kier molecular flexibility index (Phi) is 11.3. The molecule has 1 aromatic heterocycles. The van der Waals surface area contributed by atoms with Crippen molar-refractivity contribution in [3.63, 3.8) is 0 Å². The minimum atomic E-state index is -0.327. The van der Waals surface area contributed by atoms with Gasteiger partial charge < -0.3 is 14.8 Å². The average molecular weight is 561 g/mol. The van der Waals surface area contributed by atoms with Crippen molar-refractivity contribution in [3.05, 3.63) is 99.0 Å². The van der Waals surface area contributed by atoms with Crippen molar-refractivity contribution < 1.29 is 19.1 Å². The maximum absolute atomic E-state index is 12.9. The maximum Gasteiger partial charge on any atom is 0.333 e. The third-order valence-corrected chi connectivity index (χ3v) is 6.87. The first-order chi connectivity index (χ1) is 19.0. The van der Waals surface area contributed by atoms with E-state index in [4.69, 9.17) is 14.5 Å². The first-order valence-corrected chi connectivity index (χ1v) is 14.4. The molecule has 0 saturated carbocycles. The highest BCUT2D eigenvalue weighted by Gasteiger charge is 2.22. The van der Waals surface area contributed by atoms with Gasteiger partial charge in [0.2, 0.25) is 5.91 Å². The van der Waals surface area contributed by atoms with E-state index in [1.165, 1.54) is 11.3 Å². The van der Waals surface area contributed by atoms with Gasteiger partial charge in [-0.25, -0.2) is 9.78 Å². The number of hydrogen-bond acceptors (Lipinski definition) is 6. The molecule has 0 unspecified atom stereocenters. The predicted molar refractivity (Wildman–Crippen MR) is 162 cm³/mol. The molecule has 0 aliphatic carbocycles. The molecule has 3 aromatic rings. The van der Waals surface area contributed by atoms with Crippen LogP contribution in [0.3, 0.4) is 0 Å². The molecule has 6 nitrogen and oxygen atoms in total. The standard InChI is InChI=1S/C33H40N2O4S/c1-7-38-32(37)24(3)17-23(2)18-27-22-40-31(34-27)29(35-30(36)20-33(4,5)6)19-25-13-15-28(16-14-25)39-21-26-11-9-8-10-12-26/h8-18,22,29H,7,19-21H2,1-6H3,(H,35,36)/b23-18+,24-17-/t29-/m0/s1. The van der Waals surface area contributed by atoms with E-state index in [0.29, 0.717) is 31.6 Å². The van der Waals surface area contributed by atoms with Gasteiger partial charge in [0.1, 0.15) is 17.4 Å². The Hall–Kier alpha value is -3.71. The van der Waals surface area contributed by atoms with Gasteiger partial charge >= 0.3 is 5.97 Å². The van der Waals surface area contributed by atoms with Crippen molar-refractivity contribution in [1.82, 2.24) is 10.3 Å². The normalized spacial score (nSPS) is 13.1. The molecule has 2 aromatic carbocycles. The number of thiazole rings is 1. The number of hydrogen-bond donors (Lipinski definition) is 1. The summed E-state index contributed by atoms with van der Waals surface area (Å²) in [6.45, 7) is 12.5. The molecule has 1 amide bonds. The van der Waals surface area contributed by atoms with Crippen LogP contribution < -0.4 is 10.1 Å². The lowest BCUT2D eigenvalue weighted by Gasteiger charge is -2.21. The average Bonchev–Trinajstić information content (AvgIpc) is 3.35. The van der Waals surface area contributed by atoms with Crippen LogP contribution >= 0.6 is 11.3 Å². The van der Waals surface area contributed by atoms with Gasteiger partial charge in [-0.15, -0.1) is 11.3 Å². The Morgan fingerprint density at radius 2 is 1.73 bits per heavy atom. The summed E-state index contributed by atoms with van der Waals surface area (Å²) in [5.41, 5.74) is 4.28. The van der Waals surface area contributed by atoms with Crippen LogP contribution in [-0.4, -0.2) is 23.5 Å². The number of aromatic nitrogens is 1. The Morgan fingerprint density at radius 3 is 2.38 bits per heavy atom. The molecule has 1 N–H and O–H groups in total. The van der Waals surface area contributed by atoms with Gasteiger partial charge in [0.15, 0.2) is 0 Å². The van der Waals surface area contributed by atoms with Crippen molar-refractivity contribution in [2.45, 2.75) is 67.0 Å². The van der Waals surface area contributed by atoms with Crippen molar-refractivity contribution in [3.8, 4) is 5.75 Å². The third-order valence-electron chi connectivity index (χ3n) is 5.89. The maximum atomic E-state index is 12.9. The molecule has 0 aliphatic heterocycles. The second-order valence-electron chi connectivity index (χ2n) is 11.0. The Bertz CT molecular complexity index is 1320. The van der Waals surface area contributed by atoms with Crippen LogP contribution in [-0.2, 0) is 27.4 Å². The van der Waals surface area contributed by atoms with Gasteiger partial charge in [-0.05, 0) is 73.6 Å². The topological polar surface area (TPSA) is 77.5 Å². The molecular formula is C33H40N2O4S. The van der Waals surface area contributed by atoms with Gasteiger partial charge in [0, 0.05) is 17.4 Å². The zero-order chi connectivity index (χ0) is 29.1. The highest BCUT2D eigenvalue weighted by atomic mass is 32.1. The van der Waals surface area contributed by atoms with Crippen LogP contribution in [0.15, 0.2) is 77.2 Å². The fourth-order valence-electron chi connectivity index (χ4n) is 4.07. The van der Waals surface area contributed by atoms with Crippen LogP contribution in [0.4, 0.5) is 0 Å². The largest absolute Gasteiger partial charge is 0.489 e. The summed E-state index contributed by atoms with van der Waals surface area (Å²) >= 11 is 1.51. The molecule has 0 fully saturated rings. The summed E-state index contributed by atoms with van der Waals surface area (Å²) in [7, 11) is 0. The van der Waals surface area contributed by atoms with Crippen LogP contribution in [0, 0.1) is 5.41 Å². The smallest absolute Gasteiger partial charge is 0.333 e. The molecule has 0 bridgehead atoms. The minimum absolute atomic E-state index is 0.00298. The summed E-state index contributed by atoms with van der Waals surface area (Å²) in [5.74, 6) is 0.466. The number of ether oxygens (including phenoxy) is 2. The molecule has 0 radical (unpaired) electrons. The Balaban J connectivity index is 1.75. The molecule has 0 saturated heterocycles. The number of amides is 1. The van der Waals surface area contributed by atoms with Crippen LogP contribution in [0.25, 0.3) is 6.08 Å². The lowest BCUT2D eigenvalue weighted by Crippen LogP contribution is -2.32. The number of allylic oxidation sites excluding steroid dienone is 2.